The molecule has 5 heteroatoms. The lowest BCUT2D eigenvalue weighted by Crippen LogP contribution is -2.42. The van der Waals surface area contributed by atoms with Crippen LogP contribution < -0.4 is 5.73 Å². The Labute approximate surface area is 82.5 Å². The number of carbonyl (C=O) groups excluding carboxylic acids is 2. The zero-order valence-corrected chi connectivity index (χ0v) is 8.10. The molecule has 0 radical (unpaired) electrons. The number of nitrogens with zero attached hydrogens (tertiary/aromatic N) is 1. The zero-order valence-electron chi connectivity index (χ0n) is 8.10. The number of ether oxygens (including phenoxy) is 1. The second kappa shape index (κ2) is 4.76. The van der Waals surface area contributed by atoms with E-state index in [0.29, 0.717) is 6.42 Å². The molecular weight excluding hydrogens is 184 g/mol. The van der Waals surface area contributed by atoms with Crippen LogP contribution in [0.4, 0.5) is 0 Å². The molecule has 0 fully saturated rings. The lowest BCUT2D eigenvalue weighted by molar-refractivity contribution is -0.145. The van der Waals surface area contributed by atoms with Crippen molar-refractivity contribution in [3.63, 3.8) is 0 Å². The normalized spacial score (nSPS) is 22.0. The third-order valence-electron chi connectivity index (χ3n) is 2.06. The van der Waals surface area contributed by atoms with Crippen molar-refractivity contribution in [1.29, 1.82) is 0 Å². The molecule has 0 aromatic carbocycles. The largest absolute Gasteiger partial charge is 0.468 e. The van der Waals surface area contributed by atoms with E-state index in [2.05, 4.69) is 4.74 Å². The highest BCUT2D eigenvalue weighted by atomic mass is 16.5. The van der Waals surface area contributed by atoms with Gasteiger partial charge in [-0.05, 0) is 12.8 Å². The first-order chi connectivity index (χ1) is 6.65. The Morgan fingerprint density at radius 3 is 3.14 bits per heavy atom. The first kappa shape index (κ1) is 10.7. The fourth-order valence-electron chi connectivity index (χ4n) is 1.22. The van der Waals surface area contributed by atoms with Gasteiger partial charge in [-0.2, -0.15) is 0 Å². The van der Waals surface area contributed by atoms with Crippen LogP contribution in [0.5, 0.6) is 0 Å². The second-order valence-corrected chi connectivity index (χ2v) is 3.11. The maximum atomic E-state index is 11.5. The topological polar surface area (TPSA) is 72.6 Å². The average Bonchev–Trinajstić information content (AvgIpc) is 2.33. The Morgan fingerprint density at radius 2 is 2.50 bits per heavy atom. The number of hydrogen-bond donors (Lipinski definition) is 1. The first-order valence-electron chi connectivity index (χ1n) is 4.44. The maximum absolute atomic E-state index is 11.5. The van der Waals surface area contributed by atoms with Crippen molar-refractivity contribution in [3.8, 4) is 0 Å². The Kier molecular flexibility index (Phi) is 3.64. The van der Waals surface area contributed by atoms with Gasteiger partial charge in [-0.25, -0.2) is 0 Å². The van der Waals surface area contributed by atoms with Crippen molar-refractivity contribution in [2.45, 2.75) is 18.9 Å². The Bertz CT molecular complexity index is 263. The molecule has 1 atom stereocenters. The molecule has 0 aromatic rings. The lowest BCUT2D eigenvalue weighted by atomic mass is 10.2. The number of amides is 1. The van der Waals surface area contributed by atoms with Gasteiger partial charge in [-0.15, -0.1) is 0 Å². The van der Waals surface area contributed by atoms with E-state index < -0.39 is 12.0 Å². The molecule has 0 saturated heterocycles. The summed E-state index contributed by atoms with van der Waals surface area (Å²) in [6.45, 7) is -0.0699. The van der Waals surface area contributed by atoms with Crippen molar-refractivity contribution in [2.75, 3.05) is 13.7 Å². The van der Waals surface area contributed by atoms with Crippen LogP contribution in [-0.2, 0) is 14.3 Å². The van der Waals surface area contributed by atoms with Crippen molar-refractivity contribution in [1.82, 2.24) is 4.90 Å². The monoisotopic (exact) mass is 198 g/mol. The molecule has 5 nitrogen and oxygen atoms in total. The van der Waals surface area contributed by atoms with E-state index >= 15 is 0 Å². The minimum Gasteiger partial charge on any atom is -0.468 e. The van der Waals surface area contributed by atoms with Crippen LogP contribution in [-0.4, -0.2) is 36.5 Å². The summed E-state index contributed by atoms with van der Waals surface area (Å²) in [6, 6.07) is -0.519. The fraction of sp³-hybridized carbons (Fsp3) is 0.556. The zero-order chi connectivity index (χ0) is 10.6. The summed E-state index contributed by atoms with van der Waals surface area (Å²) in [4.78, 5) is 23.8. The lowest BCUT2D eigenvalue weighted by Gasteiger charge is -2.18. The van der Waals surface area contributed by atoms with E-state index in [1.807, 2.05) is 6.08 Å². The average molecular weight is 198 g/mol. The molecule has 1 heterocycles. The molecule has 0 spiro atoms. The third-order valence-corrected chi connectivity index (χ3v) is 2.06. The molecule has 0 unspecified atom stereocenters. The predicted octanol–water partition coefficient (Wildman–Crippen LogP) is -0.377. The van der Waals surface area contributed by atoms with Gasteiger partial charge in [0, 0.05) is 6.20 Å². The van der Waals surface area contributed by atoms with Crippen LogP contribution in [0, 0.1) is 0 Å². The van der Waals surface area contributed by atoms with E-state index in [4.69, 9.17) is 5.73 Å². The number of esters is 1. The van der Waals surface area contributed by atoms with Gasteiger partial charge in [0.05, 0.1) is 13.2 Å². The fourth-order valence-corrected chi connectivity index (χ4v) is 1.22. The molecule has 0 aromatic heterocycles. The van der Waals surface area contributed by atoms with Crippen LogP contribution in [0.3, 0.4) is 0 Å². The van der Waals surface area contributed by atoms with E-state index in [1.54, 1.807) is 6.20 Å². The summed E-state index contributed by atoms with van der Waals surface area (Å²) in [5, 5.41) is 0. The van der Waals surface area contributed by atoms with Crippen LogP contribution in [0.25, 0.3) is 0 Å². The molecule has 1 rings (SSSR count). The molecule has 0 aliphatic carbocycles. The summed E-state index contributed by atoms with van der Waals surface area (Å²) < 4.78 is 4.47. The molecule has 14 heavy (non-hydrogen) atoms. The highest BCUT2D eigenvalue weighted by Crippen LogP contribution is 2.07. The summed E-state index contributed by atoms with van der Waals surface area (Å²) in [6.07, 6.45) is 4.79. The Morgan fingerprint density at radius 1 is 1.79 bits per heavy atom. The minimum absolute atomic E-state index is 0.0699. The van der Waals surface area contributed by atoms with E-state index in [1.165, 1.54) is 12.0 Å². The maximum Gasteiger partial charge on any atom is 0.325 e. The molecule has 0 saturated carbocycles. The van der Waals surface area contributed by atoms with Crippen LogP contribution >= 0.6 is 0 Å². The number of allylic oxidation sites excluding steroid dienone is 1. The van der Waals surface area contributed by atoms with Gasteiger partial charge in [0.1, 0.15) is 6.54 Å². The summed E-state index contributed by atoms with van der Waals surface area (Å²) in [5.41, 5.74) is 5.60. The van der Waals surface area contributed by atoms with Gasteiger partial charge in [0.15, 0.2) is 0 Å². The molecule has 0 bridgehead atoms. The predicted molar refractivity (Wildman–Crippen MR) is 50.1 cm³/mol. The van der Waals surface area contributed by atoms with Crippen molar-refractivity contribution < 1.29 is 14.3 Å². The standard InChI is InChI=1S/C9H14N2O3/c1-14-8(12)6-11-5-3-2-4-7(10)9(11)13/h3,5,7H,2,4,6,10H2,1H3/t7-/m0/s1. The van der Waals surface area contributed by atoms with E-state index in [9.17, 15) is 9.59 Å². The number of rotatable bonds is 2. The number of carbonyl (C=O) groups is 2. The number of hydrogen-bond acceptors (Lipinski definition) is 4. The SMILES string of the molecule is COC(=O)CN1C=CCC[C@H](N)C1=O. The molecular formula is C9H14N2O3. The summed E-state index contributed by atoms with van der Waals surface area (Å²) in [5.74, 6) is -0.679. The van der Waals surface area contributed by atoms with Crippen LogP contribution in [0.15, 0.2) is 12.3 Å². The second-order valence-electron chi connectivity index (χ2n) is 3.11. The van der Waals surface area contributed by atoms with Gasteiger partial charge in [-0.1, -0.05) is 6.08 Å². The third kappa shape index (κ3) is 2.56. The number of methoxy groups -OCH3 is 1. The smallest absolute Gasteiger partial charge is 0.325 e. The van der Waals surface area contributed by atoms with E-state index in [0.717, 1.165) is 6.42 Å². The minimum atomic E-state index is -0.519. The van der Waals surface area contributed by atoms with Gasteiger partial charge in [-0.3, -0.25) is 9.59 Å². The molecule has 1 amide bonds. The highest BCUT2D eigenvalue weighted by molar-refractivity contribution is 5.86. The summed E-state index contributed by atoms with van der Waals surface area (Å²) in [7, 11) is 1.29. The van der Waals surface area contributed by atoms with Crippen LogP contribution in [0.2, 0.25) is 0 Å². The summed E-state index contributed by atoms with van der Waals surface area (Å²) >= 11 is 0. The van der Waals surface area contributed by atoms with Gasteiger partial charge >= 0.3 is 5.97 Å². The van der Waals surface area contributed by atoms with Crippen molar-refractivity contribution in [3.05, 3.63) is 12.3 Å². The molecule has 78 valence electrons. The molecule has 1 aliphatic heterocycles. The van der Waals surface area contributed by atoms with E-state index in [-0.39, 0.29) is 12.5 Å². The molecule has 2 N–H and O–H groups in total. The van der Waals surface area contributed by atoms with Gasteiger partial charge in [0.2, 0.25) is 5.91 Å². The highest BCUT2D eigenvalue weighted by Gasteiger charge is 2.22. The Balaban J connectivity index is 2.64. The first-order valence-corrected chi connectivity index (χ1v) is 4.44. The van der Waals surface area contributed by atoms with Gasteiger partial charge < -0.3 is 15.4 Å². The molecule has 1 aliphatic rings. The van der Waals surface area contributed by atoms with Gasteiger partial charge in [0.25, 0.3) is 0 Å². The Hall–Kier alpha value is -1.36. The van der Waals surface area contributed by atoms with Crippen LogP contribution in [0.1, 0.15) is 12.8 Å². The number of nitrogens with two attached hydrogens (primary N) is 1. The quantitative estimate of drug-likeness (QED) is 0.614. The van der Waals surface area contributed by atoms with Crippen molar-refractivity contribution in [2.24, 2.45) is 5.73 Å². The van der Waals surface area contributed by atoms with Crippen molar-refractivity contribution >= 4 is 11.9 Å².